The SMILES string of the molecule is CCOC(C)(CC)c1nc(-c2ccc(Br)cc2)cs1. The molecule has 0 fully saturated rings. The van der Waals surface area contributed by atoms with Crippen LogP contribution in [0.3, 0.4) is 0 Å². The maximum atomic E-state index is 5.87. The summed E-state index contributed by atoms with van der Waals surface area (Å²) in [5, 5.41) is 3.15. The molecule has 0 amide bonds. The van der Waals surface area contributed by atoms with E-state index in [4.69, 9.17) is 9.72 Å². The number of benzene rings is 1. The lowest BCUT2D eigenvalue weighted by Crippen LogP contribution is -2.24. The van der Waals surface area contributed by atoms with Crippen LogP contribution in [0.25, 0.3) is 11.3 Å². The van der Waals surface area contributed by atoms with Crippen LogP contribution >= 0.6 is 27.3 Å². The lowest BCUT2D eigenvalue weighted by Gasteiger charge is -2.25. The van der Waals surface area contributed by atoms with Crippen LogP contribution in [0.1, 0.15) is 32.2 Å². The molecule has 2 aromatic rings. The van der Waals surface area contributed by atoms with Crippen molar-refractivity contribution in [3.8, 4) is 11.3 Å². The molecule has 0 spiro atoms. The monoisotopic (exact) mass is 339 g/mol. The van der Waals surface area contributed by atoms with Crippen molar-refractivity contribution in [2.75, 3.05) is 6.61 Å². The Hall–Kier alpha value is -0.710. The van der Waals surface area contributed by atoms with Gasteiger partial charge in [-0.25, -0.2) is 4.98 Å². The smallest absolute Gasteiger partial charge is 0.125 e. The first-order valence-electron chi connectivity index (χ1n) is 6.45. The van der Waals surface area contributed by atoms with E-state index in [9.17, 15) is 0 Å². The Balaban J connectivity index is 2.30. The third-order valence-corrected chi connectivity index (χ3v) is 4.85. The third kappa shape index (κ3) is 3.25. The zero-order chi connectivity index (χ0) is 13.9. The second-order valence-electron chi connectivity index (χ2n) is 4.56. The highest BCUT2D eigenvalue weighted by molar-refractivity contribution is 9.10. The summed E-state index contributed by atoms with van der Waals surface area (Å²) in [6.07, 6.45) is 0.925. The van der Waals surface area contributed by atoms with Crippen LogP contribution in [0, 0.1) is 0 Å². The highest BCUT2D eigenvalue weighted by Gasteiger charge is 2.28. The van der Waals surface area contributed by atoms with Gasteiger partial charge in [-0.3, -0.25) is 0 Å². The van der Waals surface area contributed by atoms with E-state index in [2.05, 4.69) is 47.3 Å². The Kier molecular flexibility index (Phi) is 4.76. The quantitative estimate of drug-likeness (QED) is 0.743. The minimum Gasteiger partial charge on any atom is -0.368 e. The van der Waals surface area contributed by atoms with E-state index in [0.717, 1.165) is 27.2 Å². The van der Waals surface area contributed by atoms with Gasteiger partial charge in [-0.1, -0.05) is 35.0 Å². The molecule has 1 aromatic carbocycles. The fourth-order valence-electron chi connectivity index (χ4n) is 1.90. The summed E-state index contributed by atoms with van der Waals surface area (Å²) in [7, 11) is 0. The van der Waals surface area contributed by atoms with Gasteiger partial charge in [-0.2, -0.15) is 0 Å². The van der Waals surface area contributed by atoms with E-state index >= 15 is 0 Å². The molecule has 4 heteroatoms. The van der Waals surface area contributed by atoms with Gasteiger partial charge in [-0.15, -0.1) is 11.3 Å². The molecule has 1 aromatic heterocycles. The van der Waals surface area contributed by atoms with E-state index < -0.39 is 0 Å². The molecule has 1 heterocycles. The molecule has 0 aliphatic carbocycles. The number of hydrogen-bond donors (Lipinski definition) is 0. The van der Waals surface area contributed by atoms with Crippen molar-refractivity contribution in [1.29, 1.82) is 0 Å². The summed E-state index contributed by atoms with van der Waals surface area (Å²) < 4.78 is 6.96. The highest BCUT2D eigenvalue weighted by Crippen LogP contribution is 2.34. The number of nitrogens with zero attached hydrogens (tertiary/aromatic N) is 1. The van der Waals surface area contributed by atoms with Gasteiger partial charge in [0.05, 0.1) is 5.69 Å². The predicted octanol–water partition coefficient (Wildman–Crippen LogP) is 5.23. The first-order chi connectivity index (χ1) is 9.09. The van der Waals surface area contributed by atoms with E-state index in [1.54, 1.807) is 11.3 Å². The van der Waals surface area contributed by atoms with Gasteiger partial charge in [0.2, 0.25) is 0 Å². The van der Waals surface area contributed by atoms with E-state index in [1.165, 1.54) is 0 Å². The average Bonchev–Trinajstić information content (AvgIpc) is 2.90. The molecule has 0 radical (unpaired) electrons. The lowest BCUT2D eigenvalue weighted by atomic mass is 10.0. The molecule has 2 rings (SSSR count). The third-order valence-electron chi connectivity index (χ3n) is 3.23. The van der Waals surface area contributed by atoms with Crippen molar-refractivity contribution in [3.05, 3.63) is 39.1 Å². The molecule has 0 N–H and O–H groups in total. The Morgan fingerprint density at radius 2 is 1.95 bits per heavy atom. The Morgan fingerprint density at radius 1 is 1.26 bits per heavy atom. The maximum absolute atomic E-state index is 5.87. The second kappa shape index (κ2) is 6.16. The van der Waals surface area contributed by atoms with Crippen LogP contribution in [-0.2, 0) is 10.3 Å². The molecule has 1 unspecified atom stereocenters. The molecule has 0 saturated heterocycles. The van der Waals surface area contributed by atoms with Gasteiger partial charge in [-0.05, 0) is 32.4 Å². The van der Waals surface area contributed by atoms with Crippen molar-refractivity contribution in [1.82, 2.24) is 4.98 Å². The minimum absolute atomic E-state index is 0.271. The zero-order valence-electron chi connectivity index (χ0n) is 11.4. The van der Waals surface area contributed by atoms with Crippen LogP contribution in [0.5, 0.6) is 0 Å². The predicted molar refractivity (Wildman–Crippen MR) is 84.5 cm³/mol. The molecule has 0 aliphatic rings. The lowest BCUT2D eigenvalue weighted by molar-refractivity contribution is -0.0324. The van der Waals surface area contributed by atoms with Gasteiger partial charge in [0.1, 0.15) is 10.6 Å². The van der Waals surface area contributed by atoms with Crippen LogP contribution in [0.15, 0.2) is 34.1 Å². The van der Waals surface area contributed by atoms with Crippen molar-refractivity contribution in [2.24, 2.45) is 0 Å². The Bertz CT molecular complexity index is 537. The summed E-state index contributed by atoms with van der Waals surface area (Å²) in [6.45, 7) is 6.98. The van der Waals surface area contributed by atoms with Gasteiger partial charge >= 0.3 is 0 Å². The molecule has 2 nitrogen and oxygen atoms in total. The fourth-order valence-corrected chi connectivity index (χ4v) is 3.18. The van der Waals surface area contributed by atoms with E-state index in [0.29, 0.717) is 6.61 Å². The first kappa shape index (κ1) is 14.7. The minimum atomic E-state index is -0.271. The van der Waals surface area contributed by atoms with Gasteiger partial charge in [0.15, 0.2) is 0 Å². The molecule has 0 saturated carbocycles. The number of halogens is 1. The average molecular weight is 340 g/mol. The molecular weight excluding hydrogens is 322 g/mol. The summed E-state index contributed by atoms with van der Waals surface area (Å²) in [6, 6.07) is 8.23. The summed E-state index contributed by atoms with van der Waals surface area (Å²) >= 11 is 5.12. The molecule has 102 valence electrons. The van der Waals surface area contributed by atoms with Crippen molar-refractivity contribution in [3.63, 3.8) is 0 Å². The van der Waals surface area contributed by atoms with E-state index in [1.807, 2.05) is 19.1 Å². The fraction of sp³-hybridized carbons (Fsp3) is 0.400. The zero-order valence-corrected chi connectivity index (χ0v) is 13.8. The summed E-state index contributed by atoms with van der Waals surface area (Å²) in [4.78, 5) is 4.75. The maximum Gasteiger partial charge on any atom is 0.125 e. The number of rotatable bonds is 5. The molecule has 0 bridgehead atoms. The Labute approximate surface area is 127 Å². The summed E-state index contributed by atoms with van der Waals surface area (Å²) in [5.74, 6) is 0. The molecule has 1 atom stereocenters. The second-order valence-corrected chi connectivity index (χ2v) is 6.34. The first-order valence-corrected chi connectivity index (χ1v) is 8.12. The standard InChI is InChI=1S/C15H18BrNOS/c1-4-15(3,18-5-2)14-17-13(10-19-14)11-6-8-12(16)9-7-11/h6-10H,4-5H2,1-3H3. The Morgan fingerprint density at radius 3 is 2.53 bits per heavy atom. The largest absolute Gasteiger partial charge is 0.368 e. The normalized spacial score (nSPS) is 14.3. The van der Waals surface area contributed by atoms with Crippen LogP contribution in [-0.4, -0.2) is 11.6 Å². The van der Waals surface area contributed by atoms with Crippen LogP contribution in [0.2, 0.25) is 0 Å². The van der Waals surface area contributed by atoms with Gasteiger partial charge in [0, 0.05) is 22.0 Å². The molecule has 19 heavy (non-hydrogen) atoms. The molecular formula is C15H18BrNOS. The van der Waals surface area contributed by atoms with Crippen molar-refractivity contribution < 1.29 is 4.74 Å². The molecule has 0 aliphatic heterocycles. The topological polar surface area (TPSA) is 22.1 Å². The number of hydrogen-bond acceptors (Lipinski definition) is 3. The highest BCUT2D eigenvalue weighted by atomic mass is 79.9. The van der Waals surface area contributed by atoms with Gasteiger partial charge < -0.3 is 4.74 Å². The van der Waals surface area contributed by atoms with Crippen LogP contribution < -0.4 is 0 Å². The van der Waals surface area contributed by atoms with E-state index in [-0.39, 0.29) is 5.60 Å². The van der Waals surface area contributed by atoms with Crippen LogP contribution in [0.4, 0.5) is 0 Å². The van der Waals surface area contributed by atoms with Crippen molar-refractivity contribution >= 4 is 27.3 Å². The number of aromatic nitrogens is 1. The number of ether oxygens (including phenoxy) is 1. The van der Waals surface area contributed by atoms with Gasteiger partial charge in [0.25, 0.3) is 0 Å². The number of thiazole rings is 1. The van der Waals surface area contributed by atoms with Crippen molar-refractivity contribution in [2.45, 2.75) is 32.8 Å². The summed E-state index contributed by atoms with van der Waals surface area (Å²) in [5.41, 5.74) is 1.89.